The van der Waals surface area contributed by atoms with Crippen LogP contribution in [0.5, 0.6) is 11.5 Å². The Bertz CT molecular complexity index is 1020. The summed E-state index contributed by atoms with van der Waals surface area (Å²) in [6, 6.07) is 11.0. The number of para-hydroxylation sites is 2. The van der Waals surface area contributed by atoms with Gasteiger partial charge in [0.2, 0.25) is 12.0 Å². The molecule has 2 heterocycles. The molecule has 0 saturated carbocycles. The van der Waals surface area contributed by atoms with Crippen LogP contribution >= 0.6 is 23.4 Å². The molecule has 0 bridgehead atoms. The fraction of sp³-hybridized carbons (Fsp3) is 0.167. The highest BCUT2D eigenvalue weighted by Gasteiger charge is 2.27. The van der Waals surface area contributed by atoms with E-state index < -0.39 is 11.9 Å². The summed E-state index contributed by atoms with van der Waals surface area (Å²) < 4.78 is 30.0. The van der Waals surface area contributed by atoms with Gasteiger partial charge in [-0.15, -0.1) is 10.2 Å². The van der Waals surface area contributed by atoms with Gasteiger partial charge in [0.1, 0.15) is 12.4 Å². The molecule has 7 nitrogen and oxygen atoms in total. The van der Waals surface area contributed by atoms with Gasteiger partial charge < -0.3 is 19.2 Å². The number of fused-ring (bicyclic) bond motifs is 1. The SMILES string of the molecule is O=C(CSc1nnc([C@H]2COc3ccccc3O2)o1)Nc1ccc(F)cc1Cl. The first-order valence-corrected chi connectivity index (χ1v) is 9.54. The first-order chi connectivity index (χ1) is 13.6. The summed E-state index contributed by atoms with van der Waals surface area (Å²) in [6.45, 7) is 0.243. The number of hydrogen-bond donors (Lipinski definition) is 1. The van der Waals surface area contributed by atoms with Gasteiger partial charge in [-0.3, -0.25) is 4.79 Å². The Labute approximate surface area is 168 Å². The van der Waals surface area contributed by atoms with Gasteiger partial charge in [-0.25, -0.2) is 4.39 Å². The summed E-state index contributed by atoms with van der Waals surface area (Å²) in [5.74, 6) is 0.710. The minimum Gasteiger partial charge on any atom is -0.485 e. The van der Waals surface area contributed by atoms with Crippen LogP contribution in [-0.2, 0) is 4.79 Å². The first kappa shape index (κ1) is 18.6. The maximum absolute atomic E-state index is 13.0. The number of thioether (sulfide) groups is 1. The predicted molar refractivity (Wildman–Crippen MR) is 100 cm³/mol. The van der Waals surface area contributed by atoms with Gasteiger partial charge in [0.05, 0.1) is 16.5 Å². The number of halogens is 2. The number of aromatic nitrogens is 2. The molecule has 0 spiro atoms. The highest BCUT2D eigenvalue weighted by molar-refractivity contribution is 7.99. The van der Waals surface area contributed by atoms with Crippen molar-refractivity contribution in [2.75, 3.05) is 17.7 Å². The Hall–Kier alpha value is -2.78. The first-order valence-electron chi connectivity index (χ1n) is 8.18. The Balaban J connectivity index is 1.33. The average molecular weight is 422 g/mol. The van der Waals surface area contributed by atoms with E-state index in [0.717, 1.165) is 17.8 Å². The Morgan fingerprint density at radius 1 is 1.25 bits per heavy atom. The monoisotopic (exact) mass is 421 g/mol. The van der Waals surface area contributed by atoms with Crippen molar-refractivity contribution in [2.24, 2.45) is 0 Å². The fourth-order valence-electron chi connectivity index (χ4n) is 2.45. The quantitative estimate of drug-likeness (QED) is 0.620. The van der Waals surface area contributed by atoms with Crippen molar-refractivity contribution < 1.29 is 23.1 Å². The molecule has 10 heteroatoms. The molecular weight excluding hydrogens is 409 g/mol. The largest absolute Gasteiger partial charge is 0.485 e. The lowest BCUT2D eigenvalue weighted by molar-refractivity contribution is -0.113. The van der Waals surface area contributed by atoms with Crippen LogP contribution in [0.15, 0.2) is 52.1 Å². The van der Waals surface area contributed by atoms with Gasteiger partial charge >= 0.3 is 0 Å². The van der Waals surface area contributed by atoms with Crippen LogP contribution in [0.2, 0.25) is 5.02 Å². The molecular formula is C18H13ClFN3O4S. The second-order valence-corrected chi connectivity index (χ2v) is 7.07. The number of hydrogen-bond acceptors (Lipinski definition) is 7. The van der Waals surface area contributed by atoms with E-state index in [1.165, 1.54) is 12.1 Å². The molecule has 1 aliphatic rings. The maximum Gasteiger partial charge on any atom is 0.277 e. The van der Waals surface area contributed by atoms with E-state index in [-0.39, 0.29) is 34.4 Å². The fourth-order valence-corrected chi connectivity index (χ4v) is 3.24. The van der Waals surface area contributed by atoms with Crippen molar-refractivity contribution in [3.05, 3.63) is 59.2 Å². The van der Waals surface area contributed by atoms with Gasteiger partial charge in [0.15, 0.2) is 11.5 Å². The van der Waals surface area contributed by atoms with E-state index in [4.69, 9.17) is 25.5 Å². The lowest BCUT2D eigenvalue weighted by atomic mass is 10.2. The molecule has 1 amide bonds. The Kier molecular flexibility index (Phi) is 5.36. The van der Waals surface area contributed by atoms with Gasteiger partial charge in [-0.2, -0.15) is 0 Å². The number of nitrogens with one attached hydrogen (secondary N) is 1. The summed E-state index contributed by atoms with van der Waals surface area (Å²) in [5, 5.41) is 10.8. The third-order valence-electron chi connectivity index (χ3n) is 3.74. The summed E-state index contributed by atoms with van der Waals surface area (Å²) >= 11 is 6.95. The maximum atomic E-state index is 13.0. The van der Waals surface area contributed by atoms with E-state index in [2.05, 4.69) is 15.5 Å². The Morgan fingerprint density at radius 3 is 2.89 bits per heavy atom. The molecule has 1 aliphatic heterocycles. The number of nitrogens with zero attached hydrogens (tertiary/aromatic N) is 2. The van der Waals surface area contributed by atoms with Crippen LogP contribution in [0.1, 0.15) is 12.0 Å². The second kappa shape index (κ2) is 8.07. The summed E-state index contributed by atoms with van der Waals surface area (Å²) in [4.78, 5) is 12.0. The van der Waals surface area contributed by atoms with E-state index >= 15 is 0 Å². The van der Waals surface area contributed by atoms with Gasteiger partial charge in [0, 0.05) is 0 Å². The highest BCUT2D eigenvalue weighted by atomic mass is 35.5. The van der Waals surface area contributed by atoms with Crippen molar-refractivity contribution in [2.45, 2.75) is 11.3 Å². The smallest absolute Gasteiger partial charge is 0.277 e. The molecule has 0 aliphatic carbocycles. The van der Waals surface area contributed by atoms with Gasteiger partial charge in [0.25, 0.3) is 11.1 Å². The zero-order chi connectivity index (χ0) is 19.5. The van der Waals surface area contributed by atoms with E-state index in [1.807, 2.05) is 18.2 Å². The zero-order valence-electron chi connectivity index (χ0n) is 14.2. The normalized spacial score (nSPS) is 15.3. The van der Waals surface area contributed by atoms with Crippen molar-refractivity contribution in [1.29, 1.82) is 0 Å². The van der Waals surface area contributed by atoms with Crippen molar-refractivity contribution in [3.8, 4) is 11.5 Å². The second-order valence-electron chi connectivity index (χ2n) is 5.73. The summed E-state index contributed by atoms with van der Waals surface area (Å²) in [5.41, 5.74) is 0.325. The summed E-state index contributed by atoms with van der Waals surface area (Å²) in [6.07, 6.45) is -0.524. The molecule has 4 rings (SSSR count). The molecule has 144 valence electrons. The number of ether oxygens (including phenoxy) is 2. The molecule has 0 radical (unpaired) electrons. The number of anilines is 1. The third-order valence-corrected chi connectivity index (χ3v) is 4.87. The predicted octanol–water partition coefficient (Wildman–Crippen LogP) is 4.11. The molecule has 2 aromatic carbocycles. The number of benzene rings is 2. The molecule has 0 unspecified atom stereocenters. The molecule has 0 saturated heterocycles. The highest BCUT2D eigenvalue weighted by Crippen LogP contribution is 2.36. The van der Waals surface area contributed by atoms with E-state index in [9.17, 15) is 9.18 Å². The number of carbonyl (C=O) groups is 1. The third kappa shape index (κ3) is 4.20. The Morgan fingerprint density at radius 2 is 2.07 bits per heavy atom. The molecule has 3 aromatic rings. The number of carbonyl (C=O) groups excluding carboxylic acids is 1. The summed E-state index contributed by atoms with van der Waals surface area (Å²) in [7, 11) is 0. The van der Waals surface area contributed by atoms with E-state index in [1.54, 1.807) is 6.07 Å². The van der Waals surface area contributed by atoms with Gasteiger partial charge in [-0.1, -0.05) is 35.5 Å². The zero-order valence-corrected chi connectivity index (χ0v) is 15.8. The lowest BCUT2D eigenvalue weighted by Gasteiger charge is -2.23. The van der Waals surface area contributed by atoms with Crippen LogP contribution in [0.25, 0.3) is 0 Å². The minimum atomic E-state index is -0.524. The van der Waals surface area contributed by atoms with E-state index in [0.29, 0.717) is 17.2 Å². The standard InChI is InChI=1S/C18H13ClFN3O4S/c19-11-7-10(20)5-6-12(11)21-16(24)9-28-18-23-22-17(27-18)15-8-25-13-3-1-2-4-14(13)26-15/h1-7,15H,8-9H2,(H,21,24)/t15-/m1/s1. The molecule has 28 heavy (non-hydrogen) atoms. The molecule has 1 atom stereocenters. The topological polar surface area (TPSA) is 86.5 Å². The number of amides is 1. The molecule has 1 aromatic heterocycles. The molecule has 1 N–H and O–H groups in total. The van der Waals surface area contributed by atoms with Crippen molar-refractivity contribution >= 4 is 35.0 Å². The van der Waals surface area contributed by atoms with Crippen LogP contribution in [0.4, 0.5) is 10.1 Å². The molecule has 0 fully saturated rings. The average Bonchev–Trinajstić information content (AvgIpc) is 3.17. The number of rotatable bonds is 5. The lowest BCUT2D eigenvalue weighted by Crippen LogP contribution is -2.21. The van der Waals surface area contributed by atoms with Crippen LogP contribution in [0, 0.1) is 5.82 Å². The van der Waals surface area contributed by atoms with Gasteiger partial charge in [-0.05, 0) is 30.3 Å². The minimum absolute atomic E-state index is 0.0141. The van der Waals surface area contributed by atoms with Crippen LogP contribution in [-0.4, -0.2) is 28.5 Å². The van der Waals surface area contributed by atoms with Crippen molar-refractivity contribution in [3.63, 3.8) is 0 Å². The van der Waals surface area contributed by atoms with Crippen molar-refractivity contribution in [1.82, 2.24) is 10.2 Å². The van der Waals surface area contributed by atoms with Crippen LogP contribution in [0.3, 0.4) is 0 Å². The van der Waals surface area contributed by atoms with Crippen LogP contribution < -0.4 is 14.8 Å².